The van der Waals surface area contributed by atoms with E-state index in [0.717, 1.165) is 19.3 Å². The zero-order valence-electron chi connectivity index (χ0n) is 13.2. The van der Waals surface area contributed by atoms with Crippen LogP contribution in [0.2, 0.25) is 0 Å². The molecule has 0 radical (unpaired) electrons. The molecule has 2 fully saturated rings. The van der Waals surface area contributed by atoms with Crippen LogP contribution in [0.25, 0.3) is 0 Å². The number of nitrogens with one attached hydrogen (secondary N) is 1. The van der Waals surface area contributed by atoms with Gasteiger partial charge in [-0.3, -0.25) is 10.1 Å². The molecule has 2 unspecified atom stereocenters. The van der Waals surface area contributed by atoms with Crippen LogP contribution >= 0.6 is 0 Å². The lowest BCUT2D eigenvalue weighted by atomic mass is 9.75. The normalized spacial score (nSPS) is 32.6. The van der Waals surface area contributed by atoms with Crippen molar-refractivity contribution < 1.29 is 9.53 Å². The van der Waals surface area contributed by atoms with Gasteiger partial charge in [0.1, 0.15) is 5.54 Å². The monoisotopic (exact) mass is 281 g/mol. The van der Waals surface area contributed by atoms with Crippen molar-refractivity contribution in [2.24, 2.45) is 5.92 Å². The molecule has 0 aliphatic heterocycles. The van der Waals surface area contributed by atoms with Crippen LogP contribution in [0.1, 0.15) is 78.1 Å². The number of esters is 1. The molecular formula is C17H31NO2. The summed E-state index contributed by atoms with van der Waals surface area (Å²) in [4.78, 5) is 12.5. The first kappa shape index (κ1) is 15.8. The molecule has 1 N–H and O–H groups in total. The predicted octanol–water partition coefficient (Wildman–Crippen LogP) is 3.81. The molecule has 2 aliphatic rings. The summed E-state index contributed by atoms with van der Waals surface area (Å²) in [7, 11) is 0. The Kier molecular flexibility index (Phi) is 5.88. The van der Waals surface area contributed by atoms with E-state index in [1.807, 2.05) is 6.92 Å². The molecule has 3 nitrogen and oxygen atoms in total. The fourth-order valence-corrected chi connectivity index (χ4v) is 4.01. The maximum absolute atomic E-state index is 12.5. The summed E-state index contributed by atoms with van der Waals surface area (Å²) in [5, 5.41) is 3.75. The number of hydrogen-bond donors (Lipinski definition) is 1. The van der Waals surface area contributed by atoms with Gasteiger partial charge in [0.2, 0.25) is 0 Å². The summed E-state index contributed by atoms with van der Waals surface area (Å²) >= 11 is 0. The van der Waals surface area contributed by atoms with Crippen LogP contribution in [-0.4, -0.2) is 24.2 Å². The van der Waals surface area contributed by atoms with Crippen molar-refractivity contribution in [2.75, 3.05) is 6.61 Å². The molecular weight excluding hydrogens is 250 g/mol. The van der Waals surface area contributed by atoms with Crippen LogP contribution in [0.5, 0.6) is 0 Å². The van der Waals surface area contributed by atoms with Gasteiger partial charge in [-0.15, -0.1) is 0 Å². The number of carbonyl (C=O) groups is 1. The quantitative estimate of drug-likeness (QED) is 0.629. The maximum atomic E-state index is 12.5. The lowest BCUT2D eigenvalue weighted by molar-refractivity contribution is -0.154. The zero-order valence-corrected chi connectivity index (χ0v) is 13.2. The number of ether oxygens (including phenoxy) is 1. The number of hydrogen-bond acceptors (Lipinski definition) is 3. The van der Waals surface area contributed by atoms with Crippen LogP contribution < -0.4 is 5.32 Å². The van der Waals surface area contributed by atoms with E-state index in [1.165, 1.54) is 44.9 Å². The molecule has 2 saturated carbocycles. The van der Waals surface area contributed by atoms with Crippen molar-refractivity contribution in [2.45, 2.75) is 89.6 Å². The van der Waals surface area contributed by atoms with E-state index in [4.69, 9.17) is 4.74 Å². The Labute approximate surface area is 123 Å². The van der Waals surface area contributed by atoms with Gasteiger partial charge < -0.3 is 4.74 Å². The van der Waals surface area contributed by atoms with Crippen LogP contribution in [0.15, 0.2) is 0 Å². The molecule has 0 saturated heterocycles. The molecule has 2 rings (SSSR count). The van der Waals surface area contributed by atoms with Gasteiger partial charge in [0.05, 0.1) is 6.61 Å². The van der Waals surface area contributed by atoms with Gasteiger partial charge in [-0.25, -0.2) is 0 Å². The van der Waals surface area contributed by atoms with E-state index in [0.29, 0.717) is 18.6 Å². The minimum absolute atomic E-state index is 0.00389. The number of rotatable bonds is 4. The van der Waals surface area contributed by atoms with Crippen molar-refractivity contribution in [3.8, 4) is 0 Å². The first-order chi connectivity index (χ1) is 9.66. The van der Waals surface area contributed by atoms with Gasteiger partial charge in [-0.05, 0) is 38.5 Å². The molecule has 0 spiro atoms. The highest BCUT2D eigenvalue weighted by Gasteiger charge is 2.44. The average molecular weight is 281 g/mol. The smallest absolute Gasteiger partial charge is 0.326 e. The molecule has 20 heavy (non-hydrogen) atoms. The van der Waals surface area contributed by atoms with Gasteiger partial charge >= 0.3 is 5.97 Å². The highest BCUT2D eigenvalue weighted by atomic mass is 16.5. The predicted molar refractivity (Wildman–Crippen MR) is 81.6 cm³/mol. The van der Waals surface area contributed by atoms with E-state index in [2.05, 4.69) is 12.2 Å². The van der Waals surface area contributed by atoms with E-state index in [1.54, 1.807) is 0 Å². The third-order valence-electron chi connectivity index (χ3n) is 5.00. The van der Waals surface area contributed by atoms with Gasteiger partial charge in [0, 0.05) is 6.04 Å². The Morgan fingerprint density at radius 2 is 1.85 bits per heavy atom. The molecule has 3 heteroatoms. The van der Waals surface area contributed by atoms with Crippen LogP contribution in [0, 0.1) is 5.92 Å². The zero-order chi connectivity index (χ0) is 14.4. The third-order valence-corrected chi connectivity index (χ3v) is 5.00. The second kappa shape index (κ2) is 7.44. The highest BCUT2D eigenvalue weighted by molar-refractivity contribution is 5.81. The SMILES string of the molecule is CCOC(=O)C1(NC2CCCCCC2)CCCC(C)C1. The summed E-state index contributed by atoms with van der Waals surface area (Å²) in [5.41, 5.74) is -0.400. The molecule has 116 valence electrons. The minimum Gasteiger partial charge on any atom is -0.465 e. The largest absolute Gasteiger partial charge is 0.465 e. The molecule has 2 atom stereocenters. The molecule has 0 amide bonds. The van der Waals surface area contributed by atoms with Crippen LogP contribution in [0.4, 0.5) is 0 Å². The summed E-state index contributed by atoms with van der Waals surface area (Å²) in [6, 6.07) is 0.507. The van der Waals surface area contributed by atoms with E-state index < -0.39 is 5.54 Å². The fraction of sp³-hybridized carbons (Fsp3) is 0.941. The number of carbonyl (C=O) groups excluding carboxylic acids is 1. The molecule has 0 aromatic heterocycles. The summed E-state index contributed by atoms with van der Waals surface area (Å²) < 4.78 is 5.40. The Bertz CT molecular complexity index is 310. The molecule has 0 aromatic carbocycles. The Morgan fingerprint density at radius 1 is 1.15 bits per heavy atom. The summed E-state index contributed by atoms with van der Waals surface area (Å²) in [6.45, 7) is 4.66. The molecule has 0 bridgehead atoms. The second-order valence-electron chi connectivity index (χ2n) is 6.84. The fourth-order valence-electron chi connectivity index (χ4n) is 4.01. The van der Waals surface area contributed by atoms with E-state index >= 15 is 0 Å². The lowest BCUT2D eigenvalue weighted by Crippen LogP contribution is -2.58. The van der Waals surface area contributed by atoms with Crippen molar-refractivity contribution in [3.05, 3.63) is 0 Å². The topological polar surface area (TPSA) is 38.3 Å². The Morgan fingerprint density at radius 3 is 2.45 bits per heavy atom. The molecule has 0 aromatic rings. The second-order valence-corrected chi connectivity index (χ2v) is 6.84. The average Bonchev–Trinajstić information content (AvgIpc) is 2.67. The van der Waals surface area contributed by atoms with Crippen molar-refractivity contribution in [3.63, 3.8) is 0 Å². The Balaban J connectivity index is 2.06. The Hall–Kier alpha value is -0.570. The van der Waals surface area contributed by atoms with Crippen molar-refractivity contribution >= 4 is 5.97 Å². The third kappa shape index (κ3) is 3.97. The van der Waals surface area contributed by atoms with Crippen LogP contribution in [0.3, 0.4) is 0 Å². The molecule has 2 aliphatic carbocycles. The summed E-state index contributed by atoms with van der Waals surface area (Å²) in [5.74, 6) is 0.613. The first-order valence-corrected chi connectivity index (χ1v) is 8.61. The first-order valence-electron chi connectivity index (χ1n) is 8.61. The maximum Gasteiger partial charge on any atom is 0.326 e. The summed E-state index contributed by atoms with van der Waals surface area (Å²) in [6.07, 6.45) is 12.0. The van der Waals surface area contributed by atoms with Crippen molar-refractivity contribution in [1.82, 2.24) is 5.32 Å². The molecule has 0 heterocycles. The van der Waals surface area contributed by atoms with Gasteiger partial charge in [0.25, 0.3) is 0 Å². The minimum atomic E-state index is -0.400. The highest BCUT2D eigenvalue weighted by Crippen LogP contribution is 2.35. The van der Waals surface area contributed by atoms with Gasteiger partial charge in [-0.2, -0.15) is 0 Å². The van der Waals surface area contributed by atoms with Gasteiger partial charge in [0.15, 0.2) is 0 Å². The van der Waals surface area contributed by atoms with E-state index in [9.17, 15) is 4.79 Å². The van der Waals surface area contributed by atoms with Gasteiger partial charge in [-0.1, -0.05) is 45.4 Å². The standard InChI is InChI=1S/C17H31NO2/c1-3-20-16(19)17(12-8-9-14(2)13-17)18-15-10-6-4-5-7-11-15/h14-15,18H,3-13H2,1-2H3. The lowest BCUT2D eigenvalue weighted by Gasteiger charge is -2.41. The van der Waals surface area contributed by atoms with E-state index in [-0.39, 0.29) is 5.97 Å². The van der Waals surface area contributed by atoms with Crippen LogP contribution in [-0.2, 0) is 9.53 Å². The van der Waals surface area contributed by atoms with Crippen molar-refractivity contribution in [1.29, 1.82) is 0 Å².